The maximum atomic E-state index is 13.2. The first-order valence-corrected chi connectivity index (χ1v) is 12.5. The maximum absolute atomic E-state index is 13.2. The van der Waals surface area contributed by atoms with Crippen LogP contribution in [0.2, 0.25) is 0 Å². The summed E-state index contributed by atoms with van der Waals surface area (Å²) >= 11 is 1.11. The van der Waals surface area contributed by atoms with Crippen molar-refractivity contribution in [1.82, 2.24) is 14.9 Å². The van der Waals surface area contributed by atoms with E-state index < -0.39 is 9.84 Å². The Kier molecular flexibility index (Phi) is 6.10. The van der Waals surface area contributed by atoms with Crippen LogP contribution >= 0.6 is 11.8 Å². The molecule has 2 heterocycles. The van der Waals surface area contributed by atoms with E-state index in [-0.39, 0.29) is 47.1 Å². The number of sulfone groups is 1. The Morgan fingerprint density at radius 3 is 2.65 bits per heavy atom. The number of nitrogens with zero attached hydrogens (tertiary/aromatic N) is 2. The largest absolute Gasteiger partial charge is 0.352 e. The van der Waals surface area contributed by atoms with Gasteiger partial charge in [0.2, 0.25) is 5.91 Å². The van der Waals surface area contributed by atoms with E-state index in [2.05, 4.69) is 10.3 Å². The van der Waals surface area contributed by atoms with Crippen molar-refractivity contribution in [3.63, 3.8) is 0 Å². The third-order valence-electron chi connectivity index (χ3n) is 5.01. The summed E-state index contributed by atoms with van der Waals surface area (Å²) in [7, 11) is -3.09. The molecular formula is C21H20FN3O4S2. The van der Waals surface area contributed by atoms with Crippen molar-refractivity contribution < 1.29 is 17.6 Å². The fourth-order valence-electron chi connectivity index (χ4n) is 3.48. The van der Waals surface area contributed by atoms with Crippen LogP contribution in [0.1, 0.15) is 12.0 Å². The number of carbonyl (C=O) groups excluding carboxylic acids is 1. The van der Waals surface area contributed by atoms with Crippen LogP contribution in [0.5, 0.6) is 0 Å². The number of thioether (sulfide) groups is 1. The van der Waals surface area contributed by atoms with Gasteiger partial charge in [-0.3, -0.25) is 14.2 Å². The summed E-state index contributed by atoms with van der Waals surface area (Å²) in [6, 6.07) is 12.4. The molecule has 4 rings (SSSR count). The minimum absolute atomic E-state index is 0.00918. The summed E-state index contributed by atoms with van der Waals surface area (Å²) in [5.74, 6) is -0.664. The van der Waals surface area contributed by atoms with Crippen molar-refractivity contribution in [2.24, 2.45) is 0 Å². The van der Waals surface area contributed by atoms with Gasteiger partial charge in [-0.25, -0.2) is 17.8 Å². The zero-order valence-corrected chi connectivity index (χ0v) is 18.1. The van der Waals surface area contributed by atoms with Gasteiger partial charge in [-0.05, 0) is 36.2 Å². The van der Waals surface area contributed by atoms with Gasteiger partial charge in [0, 0.05) is 6.04 Å². The van der Waals surface area contributed by atoms with E-state index in [1.807, 2.05) is 0 Å². The molecule has 3 aromatic rings. The Morgan fingerprint density at radius 1 is 1.19 bits per heavy atom. The molecule has 1 N–H and O–H groups in total. The van der Waals surface area contributed by atoms with Crippen molar-refractivity contribution in [2.75, 3.05) is 17.3 Å². The Bertz CT molecular complexity index is 1290. The Morgan fingerprint density at radius 2 is 1.94 bits per heavy atom. The van der Waals surface area contributed by atoms with Crippen LogP contribution in [0.15, 0.2) is 58.5 Å². The third kappa shape index (κ3) is 5.13. The van der Waals surface area contributed by atoms with Gasteiger partial charge in [0.25, 0.3) is 5.56 Å². The molecule has 0 spiro atoms. The standard InChI is InChI=1S/C21H20FN3O4S2/c22-15-7-5-14(6-8-15)11-25-20(27)17-3-1-2-4-18(17)24-21(25)30-12-19(26)23-16-9-10-31(28,29)13-16/h1-8,16H,9-13H2,(H,23,26). The lowest BCUT2D eigenvalue weighted by Crippen LogP contribution is -2.36. The van der Waals surface area contributed by atoms with Crippen molar-refractivity contribution >= 4 is 38.4 Å². The van der Waals surface area contributed by atoms with Crippen LogP contribution in [0.4, 0.5) is 4.39 Å². The number of amides is 1. The molecule has 7 nitrogen and oxygen atoms in total. The van der Waals surface area contributed by atoms with Gasteiger partial charge in [0.1, 0.15) is 5.82 Å². The number of fused-ring (bicyclic) bond motifs is 1. The lowest BCUT2D eigenvalue weighted by Gasteiger charge is -2.14. The van der Waals surface area contributed by atoms with Crippen molar-refractivity contribution in [2.45, 2.75) is 24.2 Å². The molecule has 10 heteroatoms. The molecule has 1 unspecified atom stereocenters. The van der Waals surface area contributed by atoms with E-state index in [1.54, 1.807) is 36.4 Å². The van der Waals surface area contributed by atoms with Gasteiger partial charge in [0.15, 0.2) is 15.0 Å². The lowest BCUT2D eigenvalue weighted by atomic mass is 10.2. The second kappa shape index (κ2) is 8.80. The van der Waals surface area contributed by atoms with Gasteiger partial charge in [-0.2, -0.15) is 0 Å². The van der Waals surface area contributed by atoms with E-state index >= 15 is 0 Å². The molecule has 0 radical (unpaired) electrons. The summed E-state index contributed by atoms with van der Waals surface area (Å²) in [4.78, 5) is 30.0. The zero-order valence-electron chi connectivity index (χ0n) is 16.5. The highest BCUT2D eigenvalue weighted by Crippen LogP contribution is 2.19. The van der Waals surface area contributed by atoms with Gasteiger partial charge < -0.3 is 5.32 Å². The SMILES string of the molecule is O=C(CSc1nc2ccccc2c(=O)n1Cc1ccc(F)cc1)NC1CCS(=O)(=O)C1. The molecule has 1 amide bonds. The van der Waals surface area contributed by atoms with Gasteiger partial charge in [0.05, 0.1) is 34.7 Å². The first-order chi connectivity index (χ1) is 14.8. The molecule has 1 aromatic heterocycles. The molecule has 1 saturated heterocycles. The molecule has 1 aliphatic heterocycles. The Hall–Kier alpha value is -2.72. The number of nitrogens with one attached hydrogen (secondary N) is 1. The molecule has 162 valence electrons. The quantitative estimate of drug-likeness (QED) is 0.445. The topological polar surface area (TPSA) is 98.1 Å². The molecule has 1 atom stereocenters. The second-order valence-electron chi connectivity index (χ2n) is 7.39. The molecule has 0 bridgehead atoms. The number of hydrogen-bond donors (Lipinski definition) is 1. The Labute approximate surface area is 182 Å². The lowest BCUT2D eigenvalue weighted by molar-refractivity contribution is -0.119. The van der Waals surface area contributed by atoms with Crippen LogP contribution in [-0.2, 0) is 21.2 Å². The van der Waals surface area contributed by atoms with Crippen LogP contribution in [0.25, 0.3) is 10.9 Å². The van der Waals surface area contributed by atoms with E-state index in [9.17, 15) is 22.4 Å². The highest BCUT2D eigenvalue weighted by molar-refractivity contribution is 7.99. The van der Waals surface area contributed by atoms with Crippen LogP contribution in [-0.4, -0.2) is 47.2 Å². The van der Waals surface area contributed by atoms with Gasteiger partial charge in [-0.1, -0.05) is 36.0 Å². The summed E-state index contributed by atoms with van der Waals surface area (Å²) in [6.07, 6.45) is 0.405. The van der Waals surface area contributed by atoms with Crippen molar-refractivity contribution in [3.05, 3.63) is 70.3 Å². The highest BCUT2D eigenvalue weighted by atomic mass is 32.2. The second-order valence-corrected chi connectivity index (χ2v) is 10.6. The number of hydrogen-bond acceptors (Lipinski definition) is 6. The molecule has 1 aliphatic rings. The predicted molar refractivity (Wildman–Crippen MR) is 117 cm³/mol. The molecule has 2 aromatic carbocycles. The average molecular weight is 462 g/mol. The van der Waals surface area contributed by atoms with Crippen molar-refractivity contribution in [3.8, 4) is 0 Å². The zero-order chi connectivity index (χ0) is 22.0. The first kappa shape index (κ1) is 21.5. The monoisotopic (exact) mass is 461 g/mol. The minimum atomic E-state index is -3.09. The van der Waals surface area contributed by atoms with E-state index in [1.165, 1.54) is 16.7 Å². The third-order valence-corrected chi connectivity index (χ3v) is 7.75. The number of aromatic nitrogens is 2. The fraction of sp³-hybridized carbons (Fsp3) is 0.286. The maximum Gasteiger partial charge on any atom is 0.262 e. The smallest absolute Gasteiger partial charge is 0.262 e. The minimum Gasteiger partial charge on any atom is -0.352 e. The van der Waals surface area contributed by atoms with Gasteiger partial charge >= 0.3 is 0 Å². The Balaban J connectivity index is 1.57. The molecule has 0 aliphatic carbocycles. The normalized spacial score (nSPS) is 17.6. The number of carbonyl (C=O) groups is 1. The van der Waals surface area contributed by atoms with E-state index in [4.69, 9.17) is 0 Å². The fourth-order valence-corrected chi connectivity index (χ4v) is 5.96. The number of benzene rings is 2. The summed E-state index contributed by atoms with van der Waals surface area (Å²) in [5, 5.41) is 3.55. The first-order valence-electron chi connectivity index (χ1n) is 9.67. The van der Waals surface area contributed by atoms with E-state index in [0.717, 1.165) is 17.3 Å². The number of para-hydroxylation sites is 1. The highest BCUT2D eigenvalue weighted by Gasteiger charge is 2.29. The molecule has 31 heavy (non-hydrogen) atoms. The molecular weight excluding hydrogens is 441 g/mol. The van der Waals surface area contributed by atoms with Crippen LogP contribution in [0, 0.1) is 5.82 Å². The molecule has 0 saturated carbocycles. The van der Waals surface area contributed by atoms with Gasteiger partial charge in [-0.15, -0.1) is 0 Å². The van der Waals surface area contributed by atoms with Crippen LogP contribution < -0.4 is 10.9 Å². The van der Waals surface area contributed by atoms with Crippen LogP contribution in [0.3, 0.4) is 0 Å². The van der Waals surface area contributed by atoms with E-state index in [0.29, 0.717) is 22.5 Å². The summed E-state index contributed by atoms with van der Waals surface area (Å²) < 4.78 is 37.9. The summed E-state index contributed by atoms with van der Waals surface area (Å²) in [5.41, 5.74) is 0.996. The molecule has 1 fully saturated rings. The average Bonchev–Trinajstić information content (AvgIpc) is 3.08. The number of halogens is 1. The van der Waals surface area contributed by atoms with Crippen molar-refractivity contribution in [1.29, 1.82) is 0 Å². The summed E-state index contributed by atoms with van der Waals surface area (Å²) in [6.45, 7) is 0.182. The predicted octanol–water partition coefficient (Wildman–Crippen LogP) is 1.98. The number of rotatable bonds is 6.